The third kappa shape index (κ3) is 4.89. The van der Waals surface area contributed by atoms with Gasteiger partial charge in [-0.15, -0.1) is 0 Å². The van der Waals surface area contributed by atoms with Crippen LogP contribution in [0.15, 0.2) is 0 Å². The Balaban J connectivity index is 2.16. The monoisotopic (exact) mass is 230 g/mol. The van der Waals surface area contributed by atoms with E-state index in [1.807, 2.05) is 32.5 Å². The summed E-state index contributed by atoms with van der Waals surface area (Å²) in [5, 5.41) is 6.91. The highest BCUT2D eigenvalue weighted by molar-refractivity contribution is 8.00. The second-order valence-corrected chi connectivity index (χ2v) is 5.84. The third-order valence-corrected chi connectivity index (χ3v) is 3.90. The van der Waals surface area contributed by atoms with Gasteiger partial charge < -0.3 is 10.6 Å². The molecule has 1 aliphatic heterocycles. The van der Waals surface area contributed by atoms with Gasteiger partial charge in [0.05, 0.1) is 6.04 Å². The highest BCUT2D eigenvalue weighted by Crippen LogP contribution is 2.25. The van der Waals surface area contributed by atoms with Gasteiger partial charge in [-0.2, -0.15) is 11.8 Å². The first-order valence-corrected chi connectivity index (χ1v) is 6.80. The minimum atomic E-state index is -0.0754. The molecule has 1 heterocycles. The standard InChI is InChI=1S/C11H22N2OS/c1-8(2)13-11(14)9(3)12-7-10-5-4-6-15-10/h8-10,12H,4-7H2,1-3H3,(H,13,14). The minimum Gasteiger partial charge on any atom is -0.353 e. The summed E-state index contributed by atoms with van der Waals surface area (Å²) in [4.78, 5) is 11.6. The number of hydrogen-bond acceptors (Lipinski definition) is 3. The number of carbonyl (C=O) groups excluding carboxylic acids is 1. The Morgan fingerprint density at radius 2 is 2.20 bits per heavy atom. The Morgan fingerprint density at radius 1 is 1.47 bits per heavy atom. The lowest BCUT2D eigenvalue weighted by Gasteiger charge is -2.17. The number of rotatable bonds is 5. The molecular formula is C11H22N2OS. The zero-order valence-electron chi connectivity index (χ0n) is 9.88. The summed E-state index contributed by atoms with van der Waals surface area (Å²) in [5.41, 5.74) is 0. The maximum atomic E-state index is 11.6. The van der Waals surface area contributed by atoms with Crippen molar-refractivity contribution in [2.24, 2.45) is 0 Å². The predicted molar refractivity (Wildman–Crippen MR) is 66.2 cm³/mol. The van der Waals surface area contributed by atoms with Crippen LogP contribution in [0.1, 0.15) is 33.6 Å². The quantitative estimate of drug-likeness (QED) is 0.750. The smallest absolute Gasteiger partial charge is 0.237 e. The lowest BCUT2D eigenvalue weighted by molar-refractivity contribution is -0.123. The van der Waals surface area contributed by atoms with Gasteiger partial charge in [0.25, 0.3) is 0 Å². The van der Waals surface area contributed by atoms with Crippen LogP contribution >= 0.6 is 11.8 Å². The molecule has 0 spiro atoms. The Hall–Kier alpha value is -0.220. The van der Waals surface area contributed by atoms with E-state index in [-0.39, 0.29) is 18.0 Å². The first-order chi connectivity index (χ1) is 7.09. The van der Waals surface area contributed by atoms with Crippen molar-refractivity contribution in [3.05, 3.63) is 0 Å². The molecule has 15 heavy (non-hydrogen) atoms. The minimum absolute atomic E-state index is 0.0754. The van der Waals surface area contributed by atoms with E-state index in [4.69, 9.17) is 0 Å². The summed E-state index contributed by atoms with van der Waals surface area (Å²) >= 11 is 2.02. The van der Waals surface area contributed by atoms with Crippen molar-refractivity contribution in [2.45, 2.75) is 50.9 Å². The lowest BCUT2D eigenvalue weighted by atomic mass is 10.2. The molecule has 1 aliphatic rings. The summed E-state index contributed by atoms with van der Waals surface area (Å²) in [6.07, 6.45) is 2.61. The van der Waals surface area contributed by atoms with Crippen molar-refractivity contribution in [3.8, 4) is 0 Å². The summed E-state index contributed by atoms with van der Waals surface area (Å²) in [5.74, 6) is 1.38. The van der Waals surface area contributed by atoms with Crippen LogP contribution in [0.5, 0.6) is 0 Å². The van der Waals surface area contributed by atoms with Crippen molar-refractivity contribution in [2.75, 3.05) is 12.3 Å². The van der Waals surface area contributed by atoms with E-state index in [1.54, 1.807) is 0 Å². The molecule has 0 aromatic heterocycles. The number of hydrogen-bond donors (Lipinski definition) is 2. The molecule has 0 radical (unpaired) electrons. The molecule has 1 saturated heterocycles. The van der Waals surface area contributed by atoms with Crippen molar-refractivity contribution in [1.82, 2.24) is 10.6 Å². The summed E-state index contributed by atoms with van der Waals surface area (Å²) in [6, 6.07) is 0.149. The zero-order chi connectivity index (χ0) is 11.3. The number of nitrogens with one attached hydrogen (secondary N) is 2. The molecule has 1 fully saturated rings. The number of thioether (sulfide) groups is 1. The molecule has 88 valence electrons. The average molecular weight is 230 g/mol. The highest BCUT2D eigenvalue weighted by Gasteiger charge is 2.18. The fourth-order valence-electron chi connectivity index (χ4n) is 1.62. The fourth-order valence-corrected chi connectivity index (χ4v) is 2.83. The molecule has 2 N–H and O–H groups in total. The van der Waals surface area contributed by atoms with Crippen LogP contribution in [-0.4, -0.2) is 35.5 Å². The zero-order valence-corrected chi connectivity index (χ0v) is 10.7. The van der Waals surface area contributed by atoms with E-state index in [2.05, 4.69) is 10.6 Å². The number of carbonyl (C=O) groups is 1. The molecule has 0 aromatic carbocycles. The molecule has 0 saturated carbocycles. The van der Waals surface area contributed by atoms with E-state index in [9.17, 15) is 4.79 Å². The summed E-state index contributed by atoms with van der Waals surface area (Å²) in [7, 11) is 0. The second kappa shape index (κ2) is 6.38. The van der Waals surface area contributed by atoms with Crippen molar-refractivity contribution in [3.63, 3.8) is 0 Å². The van der Waals surface area contributed by atoms with Crippen LogP contribution in [0.25, 0.3) is 0 Å². The molecule has 4 heteroatoms. The Bertz CT molecular complexity index is 203. The van der Waals surface area contributed by atoms with Crippen LogP contribution in [0.2, 0.25) is 0 Å². The Kier molecular flexibility index (Phi) is 5.47. The Morgan fingerprint density at radius 3 is 2.73 bits per heavy atom. The van der Waals surface area contributed by atoms with Gasteiger partial charge in [0.15, 0.2) is 0 Å². The van der Waals surface area contributed by atoms with Gasteiger partial charge in [-0.1, -0.05) is 0 Å². The second-order valence-electron chi connectivity index (χ2n) is 4.43. The van der Waals surface area contributed by atoms with Gasteiger partial charge in [0, 0.05) is 17.8 Å². The maximum Gasteiger partial charge on any atom is 0.237 e. The fraction of sp³-hybridized carbons (Fsp3) is 0.909. The van der Waals surface area contributed by atoms with E-state index in [1.165, 1.54) is 18.6 Å². The SMILES string of the molecule is CC(C)NC(=O)C(C)NCC1CCCS1. The first kappa shape index (κ1) is 12.8. The molecule has 2 unspecified atom stereocenters. The van der Waals surface area contributed by atoms with Crippen molar-refractivity contribution < 1.29 is 4.79 Å². The maximum absolute atomic E-state index is 11.6. The van der Waals surface area contributed by atoms with E-state index < -0.39 is 0 Å². The van der Waals surface area contributed by atoms with Crippen LogP contribution < -0.4 is 10.6 Å². The largest absolute Gasteiger partial charge is 0.353 e. The van der Waals surface area contributed by atoms with Gasteiger partial charge >= 0.3 is 0 Å². The van der Waals surface area contributed by atoms with E-state index >= 15 is 0 Å². The normalized spacial score (nSPS) is 23.1. The van der Waals surface area contributed by atoms with Gasteiger partial charge in [0.1, 0.15) is 0 Å². The number of amides is 1. The van der Waals surface area contributed by atoms with E-state index in [0.717, 1.165) is 6.54 Å². The van der Waals surface area contributed by atoms with Gasteiger partial charge in [-0.25, -0.2) is 0 Å². The van der Waals surface area contributed by atoms with E-state index in [0.29, 0.717) is 5.25 Å². The van der Waals surface area contributed by atoms with Crippen LogP contribution in [0, 0.1) is 0 Å². The lowest BCUT2D eigenvalue weighted by Crippen LogP contribution is -2.46. The summed E-state index contributed by atoms with van der Waals surface area (Å²) in [6.45, 7) is 6.85. The van der Waals surface area contributed by atoms with Crippen molar-refractivity contribution >= 4 is 17.7 Å². The molecular weight excluding hydrogens is 208 g/mol. The molecule has 0 aromatic rings. The van der Waals surface area contributed by atoms with Gasteiger partial charge in [-0.05, 0) is 39.4 Å². The van der Waals surface area contributed by atoms with Crippen LogP contribution in [0.4, 0.5) is 0 Å². The molecule has 1 rings (SSSR count). The topological polar surface area (TPSA) is 41.1 Å². The highest BCUT2D eigenvalue weighted by atomic mass is 32.2. The molecule has 0 aliphatic carbocycles. The molecule has 1 amide bonds. The average Bonchev–Trinajstić information content (AvgIpc) is 2.65. The first-order valence-electron chi connectivity index (χ1n) is 5.75. The Labute approximate surface area is 96.8 Å². The molecule has 3 nitrogen and oxygen atoms in total. The van der Waals surface area contributed by atoms with Crippen LogP contribution in [0.3, 0.4) is 0 Å². The van der Waals surface area contributed by atoms with Gasteiger partial charge in [-0.3, -0.25) is 4.79 Å². The van der Waals surface area contributed by atoms with Gasteiger partial charge in [0.2, 0.25) is 5.91 Å². The van der Waals surface area contributed by atoms with Crippen LogP contribution in [-0.2, 0) is 4.79 Å². The third-order valence-electron chi connectivity index (χ3n) is 2.50. The molecule has 2 atom stereocenters. The summed E-state index contributed by atoms with van der Waals surface area (Å²) < 4.78 is 0. The predicted octanol–water partition coefficient (Wildman–Crippen LogP) is 1.38. The molecule has 0 bridgehead atoms. The van der Waals surface area contributed by atoms with Crippen molar-refractivity contribution in [1.29, 1.82) is 0 Å².